The molecule has 6 nitrogen and oxygen atoms in total. The van der Waals surface area contributed by atoms with E-state index in [1.807, 2.05) is 0 Å². The Hall–Kier alpha value is -1.30. The first kappa shape index (κ1) is 15.8. The zero-order valence-corrected chi connectivity index (χ0v) is 11.8. The first-order valence-electron chi connectivity index (χ1n) is 6.67. The van der Waals surface area contributed by atoms with Gasteiger partial charge in [-0.3, -0.25) is 4.84 Å². The third-order valence-electron chi connectivity index (χ3n) is 2.99. The fraction of sp³-hybridized carbons (Fsp3) is 0.846. The van der Waals surface area contributed by atoms with Gasteiger partial charge in [0.15, 0.2) is 6.10 Å². The third kappa shape index (κ3) is 5.92. The van der Waals surface area contributed by atoms with Crippen LogP contribution in [0.5, 0.6) is 0 Å². The average Bonchev–Trinajstić information content (AvgIpc) is 2.27. The van der Waals surface area contributed by atoms with Gasteiger partial charge in [0.25, 0.3) is 0 Å². The van der Waals surface area contributed by atoms with E-state index < -0.39 is 23.8 Å². The van der Waals surface area contributed by atoms with E-state index in [-0.39, 0.29) is 5.92 Å². The van der Waals surface area contributed by atoms with Crippen molar-refractivity contribution >= 4 is 12.1 Å². The largest absolute Gasteiger partial charge is 0.479 e. The molecule has 1 unspecified atom stereocenters. The summed E-state index contributed by atoms with van der Waals surface area (Å²) in [7, 11) is 0. The summed E-state index contributed by atoms with van der Waals surface area (Å²) in [6.07, 6.45) is 2.99. The molecule has 110 valence electrons. The highest BCUT2D eigenvalue weighted by atomic mass is 16.7. The topological polar surface area (TPSA) is 84.9 Å². The van der Waals surface area contributed by atoms with E-state index in [2.05, 4.69) is 5.48 Å². The van der Waals surface area contributed by atoms with Gasteiger partial charge in [0.1, 0.15) is 5.60 Å². The molecule has 6 heteroatoms. The van der Waals surface area contributed by atoms with Crippen molar-refractivity contribution in [1.29, 1.82) is 0 Å². The van der Waals surface area contributed by atoms with Gasteiger partial charge in [0, 0.05) is 0 Å². The molecular formula is C13H23NO5. The Labute approximate surface area is 113 Å². The van der Waals surface area contributed by atoms with E-state index in [4.69, 9.17) is 14.7 Å². The van der Waals surface area contributed by atoms with Crippen molar-refractivity contribution in [2.24, 2.45) is 5.92 Å². The lowest BCUT2D eigenvalue weighted by Gasteiger charge is -2.27. The molecule has 0 radical (unpaired) electrons. The minimum atomic E-state index is -1.05. The molecule has 0 aromatic rings. The lowest BCUT2D eigenvalue weighted by Crippen LogP contribution is -2.41. The van der Waals surface area contributed by atoms with E-state index in [9.17, 15) is 9.59 Å². The Morgan fingerprint density at radius 2 is 1.79 bits per heavy atom. The molecular weight excluding hydrogens is 250 g/mol. The van der Waals surface area contributed by atoms with Crippen LogP contribution in [0.15, 0.2) is 0 Å². The van der Waals surface area contributed by atoms with Crippen molar-refractivity contribution in [2.45, 2.75) is 64.6 Å². The fourth-order valence-electron chi connectivity index (χ4n) is 2.20. The summed E-state index contributed by atoms with van der Waals surface area (Å²) in [6, 6.07) is 0. The lowest BCUT2D eigenvalue weighted by molar-refractivity contribution is -0.161. The smallest absolute Gasteiger partial charge is 0.431 e. The number of nitrogens with one attached hydrogen (secondary N) is 1. The van der Waals surface area contributed by atoms with Crippen LogP contribution in [-0.4, -0.2) is 28.9 Å². The van der Waals surface area contributed by atoms with Gasteiger partial charge in [-0.05, 0) is 39.5 Å². The van der Waals surface area contributed by atoms with E-state index in [1.165, 1.54) is 0 Å². The van der Waals surface area contributed by atoms with Crippen molar-refractivity contribution in [3.05, 3.63) is 0 Å². The molecule has 2 N–H and O–H groups in total. The maximum Gasteiger partial charge on any atom is 0.431 e. The summed E-state index contributed by atoms with van der Waals surface area (Å²) >= 11 is 0. The fourth-order valence-corrected chi connectivity index (χ4v) is 2.20. The molecule has 1 rings (SSSR count). The Bertz CT molecular complexity index is 317. The molecule has 19 heavy (non-hydrogen) atoms. The molecule has 0 heterocycles. The normalized spacial score (nSPS) is 18.7. The van der Waals surface area contributed by atoms with Crippen LogP contribution in [0.2, 0.25) is 0 Å². The van der Waals surface area contributed by atoms with E-state index in [0.29, 0.717) is 0 Å². The zero-order chi connectivity index (χ0) is 14.5. The molecule has 1 fully saturated rings. The highest BCUT2D eigenvalue weighted by Crippen LogP contribution is 2.27. The van der Waals surface area contributed by atoms with Crippen LogP contribution in [0.1, 0.15) is 52.9 Å². The minimum absolute atomic E-state index is 0.0545. The Kier molecular flexibility index (Phi) is 5.60. The molecule has 0 bridgehead atoms. The molecule has 0 aromatic carbocycles. The van der Waals surface area contributed by atoms with E-state index in [1.54, 1.807) is 20.8 Å². The first-order chi connectivity index (χ1) is 8.79. The molecule has 1 atom stereocenters. The van der Waals surface area contributed by atoms with E-state index in [0.717, 1.165) is 32.1 Å². The van der Waals surface area contributed by atoms with Crippen molar-refractivity contribution in [3.8, 4) is 0 Å². The monoisotopic (exact) mass is 273 g/mol. The van der Waals surface area contributed by atoms with Crippen LogP contribution in [0.4, 0.5) is 4.79 Å². The second kappa shape index (κ2) is 6.75. The maximum atomic E-state index is 11.4. The van der Waals surface area contributed by atoms with Crippen LogP contribution >= 0.6 is 0 Å². The minimum Gasteiger partial charge on any atom is -0.479 e. The van der Waals surface area contributed by atoms with Gasteiger partial charge in [-0.25, -0.2) is 9.59 Å². The quantitative estimate of drug-likeness (QED) is 0.769. The number of carbonyl (C=O) groups is 2. The van der Waals surface area contributed by atoms with Crippen molar-refractivity contribution < 1.29 is 24.3 Å². The van der Waals surface area contributed by atoms with Crippen LogP contribution in [0.3, 0.4) is 0 Å². The van der Waals surface area contributed by atoms with E-state index >= 15 is 0 Å². The number of aliphatic carboxylic acids is 1. The van der Waals surface area contributed by atoms with Gasteiger partial charge in [0.05, 0.1) is 0 Å². The Morgan fingerprint density at radius 1 is 1.21 bits per heavy atom. The number of carboxylic acid groups (broad SMARTS) is 1. The first-order valence-corrected chi connectivity index (χ1v) is 6.67. The predicted octanol–water partition coefficient (Wildman–Crippen LogP) is 2.48. The van der Waals surface area contributed by atoms with Gasteiger partial charge in [0.2, 0.25) is 0 Å². The van der Waals surface area contributed by atoms with Crippen molar-refractivity contribution in [2.75, 3.05) is 0 Å². The number of hydrogen-bond donors (Lipinski definition) is 2. The highest BCUT2D eigenvalue weighted by molar-refractivity contribution is 5.73. The summed E-state index contributed by atoms with van der Waals surface area (Å²) < 4.78 is 4.99. The standard InChI is InChI=1S/C13H23NO5/c1-13(2,3)18-12(17)14-19-10(11(15)16)9-7-5-4-6-8-9/h9-10H,4-8H2,1-3H3,(H,14,17)(H,15,16). The van der Waals surface area contributed by atoms with Crippen LogP contribution in [0, 0.1) is 5.92 Å². The maximum absolute atomic E-state index is 11.4. The van der Waals surface area contributed by atoms with Gasteiger partial charge in [-0.15, -0.1) is 0 Å². The highest BCUT2D eigenvalue weighted by Gasteiger charge is 2.31. The van der Waals surface area contributed by atoms with Gasteiger partial charge in [-0.1, -0.05) is 19.3 Å². The second-order valence-corrected chi connectivity index (χ2v) is 5.88. The van der Waals surface area contributed by atoms with Crippen molar-refractivity contribution in [3.63, 3.8) is 0 Å². The second-order valence-electron chi connectivity index (χ2n) is 5.88. The lowest BCUT2D eigenvalue weighted by atomic mass is 9.85. The van der Waals surface area contributed by atoms with Gasteiger partial charge in [-0.2, -0.15) is 5.48 Å². The van der Waals surface area contributed by atoms with Gasteiger partial charge >= 0.3 is 12.1 Å². The SMILES string of the molecule is CC(C)(C)OC(=O)NOC(C(=O)O)C1CCCCC1. The van der Waals surface area contributed by atoms with Crippen LogP contribution in [0.25, 0.3) is 0 Å². The summed E-state index contributed by atoms with van der Waals surface area (Å²) in [4.78, 5) is 27.6. The third-order valence-corrected chi connectivity index (χ3v) is 2.99. The van der Waals surface area contributed by atoms with Gasteiger partial charge < -0.3 is 9.84 Å². The molecule has 1 amide bonds. The molecule has 0 aliphatic heterocycles. The molecule has 0 spiro atoms. The molecule has 1 aliphatic carbocycles. The average molecular weight is 273 g/mol. The van der Waals surface area contributed by atoms with Crippen LogP contribution in [-0.2, 0) is 14.4 Å². The van der Waals surface area contributed by atoms with Crippen molar-refractivity contribution in [1.82, 2.24) is 5.48 Å². The molecule has 0 aromatic heterocycles. The van der Waals surface area contributed by atoms with Crippen LogP contribution < -0.4 is 5.48 Å². The summed E-state index contributed by atoms with van der Waals surface area (Å²) in [5.41, 5.74) is 1.43. The summed E-state index contributed by atoms with van der Waals surface area (Å²) in [5, 5.41) is 9.15. The number of hydroxylamine groups is 1. The number of rotatable bonds is 4. The molecule has 1 saturated carbocycles. The number of carboxylic acids is 1. The zero-order valence-electron chi connectivity index (χ0n) is 11.8. The Balaban J connectivity index is 2.45. The Morgan fingerprint density at radius 3 is 2.26 bits per heavy atom. The number of amides is 1. The summed E-state index contributed by atoms with van der Waals surface area (Å²) in [6.45, 7) is 5.17. The number of carbonyl (C=O) groups excluding carboxylic acids is 1. The number of hydrogen-bond acceptors (Lipinski definition) is 4. The number of ether oxygens (including phenoxy) is 1. The molecule has 1 aliphatic rings. The predicted molar refractivity (Wildman–Crippen MR) is 68.5 cm³/mol. The molecule has 0 saturated heterocycles. The summed E-state index contributed by atoms with van der Waals surface area (Å²) in [5.74, 6) is -1.11.